The van der Waals surface area contributed by atoms with Gasteiger partial charge in [0, 0.05) is 18.9 Å². The monoisotopic (exact) mass is 268 g/mol. The zero-order chi connectivity index (χ0) is 13.9. The maximum atomic E-state index is 11.3. The smallest absolute Gasteiger partial charge is 0.246 e. The minimum atomic E-state index is -0.174. The van der Waals surface area contributed by atoms with Crippen LogP contribution in [0.4, 0.5) is 5.69 Å². The minimum Gasteiger partial charge on any atom is -0.492 e. The maximum Gasteiger partial charge on any atom is 0.246 e. The van der Waals surface area contributed by atoms with Gasteiger partial charge in [-0.15, -0.1) is 0 Å². The lowest BCUT2D eigenvalue weighted by molar-refractivity contribution is -0.126. The first-order valence-electron chi connectivity index (χ1n) is 6.04. The van der Waals surface area contributed by atoms with E-state index >= 15 is 0 Å². The Bertz CT molecular complexity index is 385. The first-order chi connectivity index (χ1) is 9.22. The molecular formula is C13H20N2O4. The Morgan fingerprint density at radius 2 is 2.16 bits per heavy atom. The normalized spacial score (nSPS) is 10.2. The fourth-order valence-electron chi connectivity index (χ4n) is 1.32. The number of ether oxygens (including phenoxy) is 3. The number of hydrogen-bond acceptors (Lipinski definition) is 5. The fourth-order valence-corrected chi connectivity index (χ4v) is 1.32. The summed E-state index contributed by atoms with van der Waals surface area (Å²) in [5.41, 5.74) is 6.26. The molecule has 1 aromatic carbocycles. The molecule has 1 rings (SSSR count). The molecule has 0 aliphatic rings. The summed E-state index contributed by atoms with van der Waals surface area (Å²) in [7, 11) is 1.58. The first kappa shape index (κ1) is 15.3. The molecule has 6 heteroatoms. The summed E-state index contributed by atoms with van der Waals surface area (Å²) in [4.78, 5) is 11.3. The summed E-state index contributed by atoms with van der Waals surface area (Å²) in [5, 5.41) is 2.68. The summed E-state index contributed by atoms with van der Waals surface area (Å²) >= 11 is 0. The quantitative estimate of drug-likeness (QED) is 0.501. The van der Waals surface area contributed by atoms with Gasteiger partial charge in [0.15, 0.2) is 0 Å². The summed E-state index contributed by atoms with van der Waals surface area (Å²) < 4.78 is 15.3. The van der Waals surface area contributed by atoms with Crippen LogP contribution in [-0.4, -0.2) is 46.0 Å². The molecule has 0 aromatic heterocycles. The van der Waals surface area contributed by atoms with Crippen LogP contribution in [-0.2, 0) is 14.3 Å². The lowest BCUT2D eigenvalue weighted by atomic mass is 10.3. The fraction of sp³-hybridized carbons (Fsp3) is 0.462. The predicted molar refractivity (Wildman–Crippen MR) is 72.1 cm³/mol. The number of methoxy groups -OCH3 is 1. The number of nitrogen functional groups attached to an aromatic ring is 1. The van der Waals surface area contributed by atoms with Crippen LogP contribution in [0.5, 0.6) is 5.75 Å². The molecular weight excluding hydrogens is 248 g/mol. The molecule has 1 amide bonds. The van der Waals surface area contributed by atoms with Gasteiger partial charge >= 0.3 is 0 Å². The van der Waals surface area contributed by atoms with Gasteiger partial charge in [-0.1, -0.05) is 6.07 Å². The van der Waals surface area contributed by atoms with Gasteiger partial charge in [-0.3, -0.25) is 4.79 Å². The van der Waals surface area contributed by atoms with Gasteiger partial charge in [0.05, 0.1) is 19.8 Å². The zero-order valence-corrected chi connectivity index (χ0v) is 11.1. The van der Waals surface area contributed by atoms with Crippen molar-refractivity contribution in [2.75, 3.05) is 45.8 Å². The van der Waals surface area contributed by atoms with E-state index in [0.29, 0.717) is 37.8 Å². The SMILES string of the molecule is COCCOCC(=O)NCCOc1cccc(N)c1. The highest BCUT2D eigenvalue weighted by Crippen LogP contribution is 2.13. The second-order valence-electron chi connectivity index (χ2n) is 3.82. The second-order valence-corrected chi connectivity index (χ2v) is 3.82. The van der Waals surface area contributed by atoms with Crippen molar-refractivity contribution >= 4 is 11.6 Å². The van der Waals surface area contributed by atoms with E-state index in [1.807, 2.05) is 12.1 Å². The van der Waals surface area contributed by atoms with E-state index in [9.17, 15) is 4.79 Å². The molecule has 6 nitrogen and oxygen atoms in total. The number of amides is 1. The number of benzene rings is 1. The molecule has 3 N–H and O–H groups in total. The van der Waals surface area contributed by atoms with E-state index in [0.717, 1.165) is 0 Å². The Morgan fingerprint density at radius 3 is 2.89 bits per heavy atom. The molecule has 106 valence electrons. The third-order valence-electron chi connectivity index (χ3n) is 2.22. The van der Waals surface area contributed by atoms with E-state index in [-0.39, 0.29) is 12.5 Å². The number of rotatable bonds is 9. The maximum absolute atomic E-state index is 11.3. The van der Waals surface area contributed by atoms with Crippen molar-refractivity contribution in [3.05, 3.63) is 24.3 Å². The molecule has 19 heavy (non-hydrogen) atoms. The number of nitrogens with one attached hydrogen (secondary N) is 1. The standard InChI is InChI=1S/C13H20N2O4/c1-17-7-8-18-10-13(16)15-5-6-19-12-4-2-3-11(14)9-12/h2-4,9H,5-8,10,14H2,1H3,(H,15,16). The van der Waals surface area contributed by atoms with Gasteiger partial charge in [0.2, 0.25) is 5.91 Å². The van der Waals surface area contributed by atoms with Crippen molar-refractivity contribution in [3.63, 3.8) is 0 Å². The van der Waals surface area contributed by atoms with Crippen LogP contribution < -0.4 is 15.8 Å². The molecule has 0 radical (unpaired) electrons. The largest absolute Gasteiger partial charge is 0.492 e. The summed E-state index contributed by atoms with van der Waals surface area (Å²) in [5.74, 6) is 0.512. The molecule has 0 aliphatic heterocycles. The van der Waals surface area contributed by atoms with Crippen LogP contribution in [0.15, 0.2) is 24.3 Å². The van der Waals surface area contributed by atoms with Gasteiger partial charge in [0.25, 0.3) is 0 Å². The lowest BCUT2D eigenvalue weighted by Crippen LogP contribution is -2.31. The van der Waals surface area contributed by atoms with Crippen molar-refractivity contribution in [3.8, 4) is 5.75 Å². The van der Waals surface area contributed by atoms with Crippen LogP contribution in [0, 0.1) is 0 Å². The van der Waals surface area contributed by atoms with Crippen LogP contribution in [0.1, 0.15) is 0 Å². The van der Waals surface area contributed by atoms with Gasteiger partial charge in [-0.05, 0) is 12.1 Å². The van der Waals surface area contributed by atoms with E-state index in [4.69, 9.17) is 19.9 Å². The summed E-state index contributed by atoms with van der Waals surface area (Å²) in [6, 6.07) is 7.14. The Balaban J connectivity index is 2.05. The molecule has 0 aliphatic carbocycles. The molecule has 0 saturated carbocycles. The zero-order valence-electron chi connectivity index (χ0n) is 11.1. The molecule has 0 fully saturated rings. The van der Waals surface area contributed by atoms with Gasteiger partial charge < -0.3 is 25.3 Å². The topological polar surface area (TPSA) is 82.8 Å². The Kier molecular flexibility index (Phi) is 7.38. The van der Waals surface area contributed by atoms with Crippen molar-refractivity contribution < 1.29 is 19.0 Å². The number of anilines is 1. The molecule has 1 aromatic rings. The number of carbonyl (C=O) groups is 1. The Hall–Kier alpha value is -1.79. The van der Waals surface area contributed by atoms with E-state index in [1.165, 1.54) is 0 Å². The van der Waals surface area contributed by atoms with Crippen molar-refractivity contribution in [1.82, 2.24) is 5.32 Å². The molecule has 0 bridgehead atoms. The van der Waals surface area contributed by atoms with Crippen LogP contribution in [0.25, 0.3) is 0 Å². The van der Waals surface area contributed by atoms with Gasteiger partial charge in [0.1, 0.15) is 19.0 Å². The van der Waals surface area contributed by atoms with Crippen LogP contribution in [0.2, 0.25) is 0 Å². The van der Waals surface area contributed by atoms with E-state index in [2.05, 4.69) is 5.32 Å². The molecule has 0 atom stereocenters. The highest BCUT2D eigenvalue weighted by molar-refractivity contribution is 5.77. The second kappa shape index (κ2) is 9.18. The van der Waals surface area contributed by atoms with Crippen LogP contribution >= 0.6 is 0 Å². The van der Waals surface area contributed by atoms with Crippen LogP contribution in [0.3, 0.4) is 0 Å². The van der Waals surface area contributed by atoms with E-state index < -0.39 is 0 Å². The third kappa shape index (κ3) is 7.28. The van der Waals surface area contributed by atoms with Gasteiger partial charge in [-0.25, -0.2) is 0 Å². The van der Waals surface area contributed by atoms with Crippen molar-refractivity contribution in [2.45, 2.75) is 0 Å². The molecule has 0 heterocycles. The Morgan fingerprint density at radius 1 is 1.32 bits per heavy atom. The summed E-state index contributed by atoms with van der Waals surface area (Å²) in [6.07, 6.45) is 0. The van der Waals surface area contributed by atoms with Gasteiger partial charge in [-0.2, -0.15) is 0 Å². The average Bonchev–Trinajstić information content (AvgIpc) is 2.40. The lowest BCUT2D eigenvalue weighted by Gasteiger charge is -2.08. The number of nitrogens with two attached hydrogens (primary N) is 1. The third-order valence-corrected chi connectivity index (χ3v) is 2.22. The summed E-state index contributed by atoms with van der Waals surface area (Å²) in [6.45, 7) is 1.71. The molecule has 0 spiro atoms. The number of hydrogen-bond donors (Lipinski definition) is 2. The Labute approximate surface area is 112 Å². The van der Waals surface area contributed by atoms with Crippen molar-refractivity contribution in [2.24, 2.45) is 0 Å². The molecule has 0 unspecified atom stereocenters. The highest BCUT2D eigenvalue weighted by Gasteiger charge is 2.00. The van der Waals surface area contributed by atoms with Crippen molar-refractivity contribution in [1.29, 1.82) is 0 Å². The first-order valence-corrected chi connectivity index (χ1v) is 6.04. The minimum absolute atomic E-state index is 0.0294. The van der Waals surface area contributed by atoms with E-state index in [1.54, 1.807) is 19.2 Å². The predicted octanol–water partition coefficient (Wildman–Crippen LogP) is 0.427. The highest BCUT2D eigenvalue weighted by atomic mass is 16.5. The number of carbonyl (C=O) groups excluding carboxylic acids is 1. The average molecular weight is 268 g/mol. The molecule has 0 saturated heterocycles.